The fourth-order valence-electron chi connectivity index (χ4n) is 2.57. The second-order valence-corrected chi connectivity index (χ2v) is 6.88. The monoisotopic (exact) mass is 294 g/mol. The third-order valence-electron chi connectivity index (χ3n) is 3.54. The Hall–Kier alpha value is -1.53. The van der Waals surface area contributed by atoms with Gasteiger partial charge in [0.2, 0.25) is 10.0 Å². The summed E-state index contributed by atoms with van der Waals surface area (Å²) in [5, 5.41) is 0.876. The zero-order valence-corrected chi connectivity index (χ0v) is 11.9. The van der Waals surface area contributed by atoms with Gasteiger partial charge < -0.3 is 9.72 Å². The van der Waals surface area contributed by atoms with Crippen LogP contribution in [-0.2, 0) is 14.8 Å². The minimum absolute atomic E-state index is 0.0216. The Balaban J connectivity index is 1.77. The Morgan fingerprint density at radius 2 is 2.20 bits per heavy atom. The summed E-state index contributed by atoms with van der Waals surface area (Å²) in [6.45, 7) is 0.660. The van der Waals surface area contributed by atoms with Crippen LogP contribution < -0.4 is 4.72 Å². The summed E-state index contributed by atoms with van der Waals surface area (Å²) in [5.74, 6) is 0.0216. The minimum Gasteiger partial charge on any atom is -0.377 e. The van der Waals surface area contributed by atoms with E-state index in [0.717, 1.165) is 30.2 Å². The fraction of sp³-hybridized carbons (Fsp3) is 0.429. The lowest BCUT2D eigenvalue weighted by atomic mass is 10.1. The van der Waals surface area contributed by atoms with Crippen LogP contribution in [0.5, 0.6) is 0 Å². The molecule has 1 aliphatic heterocycles. The minimum atomic E-state index is -3.39. The van der Waals surface area contributed by atoms with Gasteiger partial charge >= 0.3 is 0 Å². The van der Waals surface area contributed by atoms with Gasteiger partial charge in [-0.1, -0.05) is 6.07 Å². The highest BCUT2D eigenvalue weighted by Gasteiger charge is 2.22. The van der Waals surface area contributed by atoms with Gasteiger partial charge in [0.25, 0.3) is 0 Å². The average molecular weight is 294 g/mol. The smallest absolute Gasteiger partial charge is 0.235 e. The molecule has 1 aromatic heterocycles. The maximum Gasteiger partial charge on any atom is 0.235 e. The molecular weight excluding hydrogens is 276 g/mol. The molecular formula is C14H18N2O3S. The standard InChI is InChI=1S/C14H18N2O3S/c17-20(18,10-11-4-1-2-9-19-11)16-14-6-3-5-13-12(14)7-8-15-13/h3,5-8,11,15-16H,1-2,4,9-10H2. The van der Waals surface area contributed by atoms with E-state index in [4.69, 9.17) is 4.74 Å². The molecule has 108 valence electrons. The van der Waals surface area contributed by atoms with Crippen LogP contribution in [0.15, 0.2) is 30.5 Å². The second kappa shape index (κ2) is 5.46. The van der Waals surface area contributed by atoms with E-state index < -0.39 is 10.0 Å². The van der Waals surface area contributed by atoms with Gasteiger partial charge in [-0.2, -0.15) is 0 Å². The van der Waals surface area contributed by atoms with Crippen LogP contribution in [-0.4, -0.2) is 31.9 Å². The maximum atomic E-state index is 12.2. The van der Waals surface area contributed by atoms with Gasteiger partial charge in [-0.3, -0.25) is 4.72 Å². The molecule has 2 heterocycles. The zero-order valence-electron chi connectivity index (χ0n) is 11.1. The first-order chi connectivity index (χ1) is 9.64. The van der Waals surface area contributed by atoms with Crippen molar-refractivity contribution in [3.8, 4) is 0 Å². The summed E-state index contributed by atoms with van der Waals surface area (Å²) in [4.78, 5) is 3.07. The van der Waals surface area contributed by atoms with Crippen LogP contribution in [0.3, 0.4) is 0 Å². The van der Waals surface area contributed by atoms with E-state index in [9.17, 15) is 8.42 Å². The van der Waals surface area contributed by atoms with Crippen molar-refractivity contribution in [1.82, 2.24) is 4.98 Å². The molecule has 2 N–H and O–H groups in total. The maximum absolute atomic E-state index is 12.2. The number of hydrogen-bond donors (Lipinski definition) is 2. The molecule has 0 saturated carbocycles. The molecule has 6 heteroatoms. The molecule has 1 aromatic carbocycles. The summed E-state index contributed by atoms with van der Waals surface area (Å²) >= 11 is 0. The molecule has 2 aromatic rings. The molecule has 1 fully saturated rings. The number of rotatable bonds is 4. The summed E-state index contributed by atoms with van der Waals surface area (Å²) in [7, 11) is -3.39. The Morgan fingerprint density at radius 1 is 1.30 bits per heavy atom. The second-order valence-electron chi connectivity index (χ2n) is 5.12. The first-order valence-electron chi connectivity index (χ1n) is 6.82. The molecule has 1 unspecified atom stereocenters. The van der Waals surface area contributed by atoms with E-state index in [0.29, 0.717) is 12.3 Å². The molecule has 5 nitrogen and oxygen atoms in total. The van der Waals surface area contributed by atoms with Crippen molar-refractivity contribution in [1.29, 1.82) is 0 Å². The molecule has 0 radical (unpaired) electrons. The fourth-order valence-corrected chi connectivity index (χ4v) is 3.92. The van der Waals surface area contributed by atoms with Crippen LogP contribution in [0.4, 0.5) is 5.69 Å². The lowest BCUT2D eigenvalue weighted by molar-refractivity contribution is 0.0306. The molecule has 0 spiro atoms. The van der Waals surface area contributed by atoms with Gasteiger partial charge in [-0.05, 0) is 37.5 Å². The van der Waals surface area contributed by atoms with Crippen molar-refractivity contribution in [2.45, 2.75) is 25.4 Å². The van der Waals surface area contributed by atoms with Crippen LogP contribution in [0.1, 0.15) is 19.3 Å². The lowest BCUT2D eigenvalue weighted by Gasteiger charge is -2.22. The van der Waals surface area contributed by atoms with Gasteiger partial charge in [-0.25, -0.2) is 8.42 Å². The molecule has 20 heavy (non-hydrogen) atoms. The van der Waals surface area contributed by atoms with Gasteiger partial charge in [0.1, 0.15) is 0 Å². The predicted molar refractivity (Wildman–Crippen MR) is 79.3 cm³/mol. The Labute approximate surface area is 118 Å². The average Bonchev–Trinajstić information content (AvgIpc) is 2.88. The van der Waals surface area contributed by atoms with Crippen molar-refractivity contribution in [2.24, 2.45) is 0 Å². The number of aromatic amines is 1. The van der Waals surface area contributed by atoms with Gasteiger partial charge in [-0.15, -0.1) is 0 Å². The molecule has 0 amide bonds. The van der Waals surface area contributed by atoms with Crippen LogP contribution in [0.25, 0.3) is 10.9 Å². The molecule has 3 rings (SSSR count). The van der Waals surface area contributed by atoms with Crippen molar-refractivity contribution >= 4 is 26.6 Å². The van der Waals surface area contributed by atoms with Crippen LogP contribution in [0.2, 0.25) is 0 Å². The van der Waals surface area contributed by atoms with Gasteiger partial charge in [0.05, 0.1) is 17.5 Å². The van der Waals surface area contributed by atoms with E-state index in [1.807, 2.05) is 18.2 Å². The summed E-state index contributed by atoms with van der Waals surface area (Å²) < 4.78 is 32.6. The highest BCUT2D eigenvalue weighted by molar-refractivity contribution is 7.92. The van der Waals surface area contributed by atoms with E-state index in [2.05, 4.69) is 9.71 Å². The lowest BCUT2D eigenvalue weighted by Crippen LogP contribution is -2.30. The van der Waals surface area contributed by atoms with E-state index in [-0.39, 0.29) is 11.9 Å². The van der Waals surface area contributed by atoms with Crippen molar-refractivity contribution < 1.29 is 13.2 Å². The Bertz CT molecular complexity index is 687. The molecule has 1 atom stereocenters. The van der Waals surface area contributed by atoms with E-state index in [1.165, 1.54) is 0 Å². The van der Waals surface area contributed by atoms with Crippen molar-refractivity contribution in [3.63, 3.8) is 0 Å². The molecule has 0 aliphatic carbocycles. The number of sulfonamides is 1. The summed E-state index contributed by atoms with van der Waals surface area (Å²) in [5.41, 5.74) is 1.53. The first-order valence-corrected chi connectivity index (χ1v) is 8.47. The van der Waals surface area contributed by atoms with Crippen molar-refractivity contribution in [2.75, 3.05) is 17.1 Å². The number of anilines is 1. The third kappa shape index (κ3) is 2.96. The molecule has 1 saturated heterocycles. The number of H-pyrrole nitrogens is 1. The Kier molecular flexibility index (Phi) is 3.67. The molecule has 0 bridgehead atoms. The predicted octanol–water partition coefficient (Wildman–Crippen LogP) is 2.48. The number of aromatic nitrogens is 1. The number of nitrogens with one attached hydrogen (secondary N) is 2. The SMILES string of the molecule is O=S(=O)(CC1CCCCO1)Nc1cccc2[nH]ccc12. The third-order valence-corrected chi connectivity index (χ3v) is 4.88. The number of fused-ring (bicyclic) bond motifs is 1. The van der Waals surface area contributed by atoms with Crippen LogP contribution >= 0.6 is 0 Å². The normalized spacial score (nSPS) is 20.1. The quantitative estimate of drug-likeness (QED) is 0.910. The number of benzene rings is 1. The first kappa shape index (κ1) is 13.5. The Morgan fingerprint density at radius 3 is 3.00 bits per heavy atom. The highest BCUT2D eigenvalue weighted by atomic mass is 32.2. The van der Waals surface area contributed by atoms with E-state index in [1.54, 1.807) is 12.3 Å². The topological polar surface area (TPSA) is 71.2 Å². The van der Waals surface area contributed by atoms with Gasteiger partial charge in [0, 0.05) is 23.7 Å². The van der Waals surface area contributed by atoms with Crippen LogP contribution in [0, 0.1) is 0 Å². The highest BCUT2D eigenvalue weighted by Crippen LogP contribution is 2.24. The summed E-state index contributed by atoms with van der Waals surface area (Å²) in [6, 6.07) is 7.38. The van der Waals surface area contributed by atoms with Crippen molar-refractivity contribution in [3.05, 3.63) is 30.5 Å². The van der Waals surface area contributed by atoms with Gasteiger partial charge in [0.15, 0.2) is 0 Å². The summed E-state index contributed by atoms with van der Waals surface area (Å²) in [6.07, 6.45) is 4.48. The largest absolute Gasteiger partial charge is 0.377 e. The zero-order chi connectivity index (χ0) is 14.0. The molecule has 1 aliphatic rings. The van der Waals surface area contributed by atoms with E-state index >= 15 is 0 Å². The number of hydrogen-bond acceptors (Lipinski definition) is 3. The number of ether oxygens (including phenoxy) is 1.